The molecule has 22 heavy (non-hydrogen) atoms. The van der Waals surface area contributed by atoms with E-state index in [0.717, 1.165) is 12.1 Å². The van der Waals surface area contributed by atoms with Gasteiger partial charge in [-0.1, -0.05) is 0 Å². The molecule has 0 unspecified atom stereocenters. The van der Waals surface area contributed by atoms with Gasteiger partial charge in [-0.15, -0.1) is 12.1 Å². The van der Waals surface area contributed by atoms with Crippen molar-refractivity contribution in [2.75, 3.05) is 0 Å². The maximum Gasteiger partial charge on any atom is 2.00 e. The van der Waals surface area contributed by atoms with Crippen LogP contribution in [0.3, 0.4) is 0 Å². The Kier molecular flexibility index (Phi) is 8.11. The summed E-state index contributed by atoms with van der Waals surface area (Å²) in [4.78, 5) is 0. The van der Waals surface area contributed by atoms with Gasteiger partial charge in [0.1, 0.15) is 0 Å². The molecule has 0 spiro atoms. The number of benzene rings is 1. The molecular weight excluding hydrogens is 411 g/mol. The summed E-state index contributed by atoms with van der Waals surface area (Å²) in [7, 11) is 0. The van der Waals surface area contributed by atoms with E-state index in [1.54, 1.807) is 0 Å². The first-order valence-corrected chi connectivity index (χ1v) is 4.68. The predicted octanol–water partition coefficient (Wildman–Crippen LogP) is 0.914. The third kappa shape index (κ3) is 4.34. The molecule has 0 heterocycles. The van der Waals surface area contributed by atoms with Crippen LogP contribution in [-0.2, 0) is 0 Å². The van der Waals surface area contributed by atoms with Crippen molar-refractivity contribution in [1.29, 1.82) is 0 Å². The van der Waals surface area contributed by atoms with Crippen LogP contribution in [0, 0.1) is 6.07 Å². The number of ether oxygens (including phenoxy) is 1. The zero-order valence-electron chi connectivity index (χ0n) is 10.2. The van der Waals surface area contributed by atoms with Crippen molar-refractivity contribution in [3.8, 4) is 5.75 Å². The molecule has 0 aromatic heterocycles. The van der Waals surface area contributed by atoms with E-state index in [9.17, 15) is 39.5 Å². The second kappa shape index (κ2) is 7.47. The average molecular weight is 415 g/mol. The molecule has 0 N–H and O–H groups in total. The van der Waals surface area contributed by atoms with Gasteiger partial charge in [0.25, 0.3) is 0 Å². The normalized spacial score (nSPS) is 13.0. The molecule has 0 amide bonds. The van der Waals surface area contributed by atoms with E-state index in [1.807, 2.05) is 6.07 Å². The summed E-state index contributed by atoms with van der Waals surface area (Å²) < 4.78 is 116. The van der Waals surface area contributed by atoms with Crippen molar-refractivity contribution in [1.82, 2.24) is 0 Å². The van der Waals surface area contributed by atoms with Gasteiger partial charge in [-0.05, 0) is 0 Å². The van der Waals surface area contributed by atoms with Gasteiger partial charge < -0.3 is 21.7 Å². The fraction of sp³-hybridized carbons (Fsp3) is 0.400. The molecule has 0 saturated heterocycles. The number of alkyl halides is 9. The van der Waals surface area contributed by atoms with Crippen molar-refractivity contribution >= 4 is 23.1 Å². The first-order chi connectivity index (χ1) is 8.83. The van der Waals surface area contributed by atoms with E-state index in [4.69, 9.17) is 0 Å². The van der Waals surface area contributed by atoms with Crippen LogP contribution >= 0.6 is 0 Å². The van der Waals surface area contributed by atoms with Crippen molar-refractivity contribution < 1.29 is 61.2 Å². The minimum absolute atomic E-state index is 0. The van der Waals surface area contributed by atoms with E-state index in [1.165, 1.54) is 0 Å². The van der Waals surface area contributed by atoms with Crippen LogP contribution in [-0.4, -0.2) is 47.2 Å². The van der Waals surface area contributed by atoms with Gasteiger partial charge in [0.2, 0.25) is 0 Å². The molecule has 1 rings (SSSR count). The molecule has 0 bridgehead atoms. The SMILES string of the molecule is FC(F)(F)C(Oc1c[c-]ccc1)(C(F)(F)F)C(F)(F)F.[Br-].[Mg+2]. The van der Waals surface area contributed by atoms with Crippen molar-refractivity contribution in [2.45, 2.75) is 24.1 Å². The van der Waals surface area contributed by atoms with Gasteiger partial charge in [-0.3, -0.25) is 0 Å². The Morgan fingerprint density at radius 3 is 1.50 bits per heavy atom. The molecule has 0 atom stereocenters. The first kappa shape index (κ1) is 23.9. The number of hydrogen-bond acceptors (Lipinski definition) is 1. The Bertz CT molecular complexity index is 418. The molecule has 1 aromatic carbocycles. The molecule has 0 aliphatic carbocycles. The minimum atomic E-state index is -6.75. The maximum absolute atomic E-state index is 12.5. The second-order valence-electron chi connectivity index (χ2n) is 3.52. The van der Waals surface area contributed by atoms with Crippen LogP contribution in [0.15, 0.2) is 24.3 Å². The third-order valence-electron chi connectivity index (χ3n) is 2.15. The molecule has 0 saturated carbocycles. The minimum Gasteiger partial charge on any atom is -1.00 e. The van der Waals surface area contributed by atoms with Crippen molar-refractivity contribution in [3.05, 3.63) is 30.3 Å². The summed E-state index contributed by atoms with van der Waals surface area (Å²) in [6.07, 6.45) is -20.3. The summed E-state index contributed by atoms with van der Waals surface area (Å²) in [5.41, 5.74) is -6.30. The summed E-state index contributed by atoms with van der Waals surface area (Å²) in [6.45, 7) is 0. The van der Waals surface area contributed by atoms with E-state index in [0.29, 0.717) is 12.1 Å². The fourth-order valence-electron chi connectivity index (χ4n) is 1.27. The van der Waals surface area contributed by atoms with E-state index >= 15 is 0 Å². The van der Waals surface area contributed by atoms with Crippen LogP contribution in [0.1, 0.15) is 0 Å². The summed E-state index contributed by atoms with van der Waals surface area (Å²) >= 11 is 0. The van der Waals surface area contributed by atoms with Gasteiger partial charge in [0.05, 0.1) is 0 Å². The monoisotopic (exact) mass is 414 g/mol. The van der Waals surface area contributed by atoms with Crippen LogP contribution in [0.5, 0.6) is 5.75 Å². The standard InChI is InChI=1S/C10H4F9O.BrH.Mg/c11-8(12,13)7(9(14,15)16,10(17,18)19)20-6-4-2-1-3-5-6;;/h1-2,4-5H;1H;/q-1;;+2/p-1. The smallest absolute Gasteiger partial charge is 1.00 e. The molecule has 0 fully saturated rings. The maximum atomic E-state index is 12.5. The summed E-state index contributed by atoms with van der Waals surface area (Å²) in [5, 5.41) is 0. The largest absolute Gasteiger partial charge is 2.00 e. The van der Waals surface area contributed by atoms with E-state index < -0.39 is 29.9 Å². The Hall–Kier alpha value is -0.364. The average Bonchev–Trinajstić information content (AvgIpc) is 2.22. The predicted molar refractivity (Wildman–Crippen MR) is 52.6 cm³/mol. The Morgan fingerprint density at radius 2 is 1.23 bits per heavy atom. The van der Waals surface area contributed by atoms with Crippen molar-refractivity contribution in [3.63, 3.8) is 0 Å². The fourth-order valence-corrected chi connectivity index (χ4v) is 1.27. The molecule has 12 heteroatoms. The van der Waals surface area contributed by atoms with Gasteiger partial charge in [0, 0.05) is 5.75 Å². The summed E-state index contributed by atoms with van der Waals surface area (Å²) in [6, 6.07) is 4.90. The zero-order chi connectivity index (χ0) is 15.8. The molecule has 1 nitrogen and oxygen atoms in total. The second-order valence-corrected chi connectivity index (χ2v) is 3.52. The molecule has 1 aromatic rings. The molecule has 0 radical (unpaired) electrons. The molecule has 122 valence electrons. The molecule has 0 aliphatic heterocycles. The number of rotatable bonds is 2. The summed E-state index contributed by atoms with van der Waals surface area (Å²) in [5.74, 6) is -1.26. The quantitative estimate of drug-likeness (QED) is 0.397. The first-order valence-electron chi connectivity index (χ1n) is 4.68. The Labute approximate surface area is 144 Å². The van der Waals surface area contributed by atoms with Gasteiger partial charge in [0.15, 0.2) is 0 Å². The third-order valence-corrected chi connectivity index (χ3v) is 2.15. The Morgan fingerprint density at radius 1 is 0.818 bits per heavy atom. The van der Waals surface area contributed by atoms with Crippen LogP contribution in [0.4, 0.5) is 39.5 Å². The number of halogens is 10. The van der Waals surface area contributed by atoms with Crippen LogP contribution < -0.4 is 21.7 Å². The van der Waals surface area contributed by atoms with Crippen molar-refractivity contribution in [2.24, 2.45) is 0 Å². The van der Waals surface area contributed by atoms with E-state index in [-0.39, 0.29) is 40.0 Å². The van der Waals surface area contributed by atoms with Gasteiger partial charge in [-0.2, -0.15) is 57.7 Å². The Balaban J connectivity index is 0. The molecule has 0 aliphatic rings. The van der Waals surface area contributed by atoms with Gasteiger partial charge >= 0.3 is 47.2 Å². The van der Waals surface area contributed by atoms with Crippen LogP contribution in [0.25, 0.3) is 0 Å². The zero-order valence-corrected chi connectivity index (χ0v) is 13.2. The number of hydrogen-bond donors (Lipinski definition) is 0. The molecular formula is C10H4BrF9MgO. The topological polar surface area (TPSA) is 9.23 Å². The van der Waals surface area contributed by atoms with E-state index in [2.05, 4.69) is 4.74 Å². The van der Waals surface area contributed by atoms with Gasteiger partial charge in [-0.25, -0.2) is 0 Å². The van der Waals surface area contributed by atoms with Crippen LogP contribution in [0.2, 0.25) is 0 Å².